The zero-order valence-electron chi connectivity index (χ0n) is 21.2. The summed E-state index contributed by atoms with van der Waals surface area (Å²) >= 11 is 1.83. The molecule has 3 aromatic carbocycles. The van der Waals surface area contributed by atoms with Gasteiger partial charge in [-0.1, -0.05) is 48.6 Å². The van der Waals surface area contributed by atoms with Gasteiger partial charge < -0.3 is 10.6 Å². The summed E-state index contributed by atoms with van der Waals surface area (Å²) in [6.45, 7) is 0.680. The number of rotatable bonds is 4. The van der Waals surface area contributed by atoms with Crippen LogP contribution in [-0.4, -0.2) is 34.3 Å². The normalized spacial score (nSPS) is 19.8. The van der Waals surface area contributed by atoms with Crippen LogP contribution < -0.4 is 10.6 Å². The Morgan fingerprint density at radius 3 is 2.51 bits per heavy atom. The summed E-state index contributed by atoms with van der Waals surface area (Å²) in [4.78, 5) is 27.5. The van der Waals surface area contributed by atoms with Gasteiger partial charge in [-0.3, -0.25) is 4.79 Å². The Bertz CT molecular complexity index is 1590. The topological polar surface area (TPSA) is 58.2 Å². The summed E-state index contributed by atoms with van der Waals surface area (Å²) in [5.74, 6) is 0.938. The van der Waals surface area contributed by atoms with Crippen molar-refractivity contribution in [1.29, 1.82) is 0 Å². The van der Waals surface area contributed by atoms with Crippen molar-refractivity contribution in [2.45, 2.75) is 6.42 Å². The average molecular weight is 537 g/mol. The molecule has 2 N–H and O–H groups in total. The molecule has 194 valence electrons. The summed E-state index contributed by atoms with van der Waals surface area (Å²) in [6, 6.07) is 20.4. The van der Waals surface area contributed by atoms with E-state index in [1.165, 1.54) is 6.07 Å². The number of hydrogen-bond acceptors (Lipinski definition) is 4. The molecular formula is C32H27FN3O2S+. The Hall–Kier alpha value is -4.20. The molecule has 3 aromatic rings. The standard InChI is InChI=1S/C32H26FN3O2S/c33-29-11-5-4-9-27(29)26-8-2-3-10-28(26)31(37)35-24-15-13-22(14-16-24)32(38)36-17-18-39-21-25(36)20-34-19-23-7-1-6-12-30(23)36/h1-6,8-16,19-20,34H,7,17-18,21H2/p+1. The second kappa shape index (κ2) is 10.5. The number of thioether (sulfide) groups is 1. The van der Waals surface area contributed by atoms with E-state index in [0.29, 0.717) is 34.5 Å². The number of fused-ring (bicyclic) bond motifs is 3. The molecule has 6 rings (SSSR count). The number of carbonyl (C=O) groups excluding carboxylic acids is 2. The lowest BCUT2D eigenvalue weighted by molar-refractivity contribution is -0.766. The fraction of sp³-hybridized carbons (Fsp3) is 0.125. The highest BCUT2D eigenvalue weighted by atomic mass is 32.2. The summed E-state index contributed by atoms with van der Waals surface area (Å²) in [7, 11) is 0. The Morgan fingerprint density at radius 2 is 1.69 bits per heavy atom. The van der Waals surface area contributed by atoms with Gasteiger partial charge in [-0.05, 0) is 48.4 Å². The molecule has 2 amide bonds. The van der Waals surface area contributed by atoms with Crippen molar-refractivity contribution in [2.24, 2.45) is 0 Å². The van der Waals surface area contributed by atoms with E-state index in [-0.39, 0.29) is 22.1 Å². The molecule has 0 saturated carbocycles. The number of allylic oxidation sites excluding steroid dienone is 4. The monoisotopic (exact) mass is 536 g/mol. The lowest BCUT2D eigenvalue weighted by Gasteiger charge is -2.41. The minimum atomic E-state index is -0.386. The minimum Gasteiger partial charge on any atom is -0.363 e. The molecule has 2 aliphatic heterocycles. The maximum absolute atomic E-state index is 14.5. The number of nitrogens with zero attached hydrogens (tertiary/aromatic N) is 1. The summed E-state index contributed by atoms with van der Waals surface area (Å²) in [6.07, 6.45) is 10.9. The lowest BCUT2D eigenvalue weighted by atomic mass is 9.98. The van der Waals surface area contributed by atoms with Gasteiger partial charge in [0.1, 0.15) is 18.1 Å². The summed E-state index contributed by atoms with van der Waals surface area (Å²) in [5.41, 5.74) is 5.56. The molecule has 3 aliphatic rings. The van der Waals surface area contributed by atoms with Crippen molar-refractivity contribution < 1.29 is 18.5 Å². The average Bonchev–Trinajstić information content (AvgIpc) is 3.15. The maximum Gasteiger partial charge on any atom is 0.355 e. The molecule has 1 saturated heterocycles. The number of carbonyl (C=O) groups is 2. The first-order chi connectivity index (χ1) is 19.1. The van der Waals surface area contributed by atoms with E-state index in [9.17, 15) is 14.0 Å². The van der Waals surface area contributed by atoms with E-state index < -0.39 is 0 Å². The molecule has 2 heterocycles. The van der Waals surface area contributed by atoms with Crippen LogP contribution in [0.4, 0.5) is 10.1 Å². The van der Waals surface area contributed by atoms with Crippen molar-refractivity contribution in [2.75, 3.05) is 23.4 Å². The van der Waals surface area contributed by atoms with Gasteiger partial charge in [0.05, 0.1) is 17.5 Å². The molecule has 0 aromatic heterocycles. The molecule has 1 unspecified atom stereocenters. The van der Waals surface area contributed by atoms with Gasteiger partial charge in [0.25, 0.3) is 5.91 Å². The predicted octanol–water partition coefficient (Wildman–Crippen LogP) is 6.62. The van der Waals surface area contributed by atoms with Crippen LogP contribution in [0.5, 0.6) is 0 Å². The molecule has 1 fully saturated rings. The summed E-state index contributed by atoms with van der Waals surface area (Å²) < 4.78 is 14.7. The molecule has 1 atom stereocenters. The van der Waals surface area contributed by atoms with E-state index in [2.05, 4.69) is 22.8 Å². The zero-order valence-corrected chi connectivity index (χ0v) is 22.0. The first-order valence-electron chi connectivity index (χ1n) is 12.9. The van der Waals surface area contributed by atoms with Crippen LogP contribution in [0.2, 0.25) is 0 Å². The van der Waals surface area contributed by atoms with Gasteiger partial charge in [-0.15, -0.1) is 11.8 Å². The fourth-order valence-electron chi connectivity index (χ4n) is 5.42. The molecule has 39 heavy (non-hydrogen) atoms. The number of anilines is 1. The van der Waals surface area contributed by atoms with Crippen LogP contribution in [0, 0.1) is 5.82 Å². The Kier molecular flexibility index (Phi) is 6.77. The van der Waals surface area contributed by atoms with E-state index in [0.717, 1.165) is 34.9 Å². The van der Waals surface area contributed by atoms with E-state index in [1.54, 1.807) is 66.7 Å². The second-order valence-electron chi connectivity index (χ2n) is 9.60. The van der Waals surface area contributed by atoms with Crippen molar-refractivity contribution in [3.8, 4) is 11.1 Å². The highest BCUT2D eigenvalue weighted by Crippen LogP contribution is 2.41. The SMILES string of the molecule is O=C(Nc1ccc(C(=O)[N+]23CCSCC2=CNC=C2CC=CC=C23)cc1)c1ccccc1-c1ccccc1F. The Labute approximate surface area is 231 Å². The molecule has 5 nitrogen and oxygen atoms in total. The number of halogens is 1. The third-order valence-corrected chi connectivity index (χ3v) is 8.33. The van der Waals surface area contributed by atoms with Crippen molar-refractivity contribution in [3.63, 3.8) is 0 Å². The highest BCUT2D eigenvalue weighted by Gasteiger charge is 2.49. The van der Waals surface area contributed by atoms with Gasteiger partial charge >= 0.3 is 5.91 Å². The Balaban J connectivity index is 1.28. The van der Waals surface area contributed by atoms with Crippen molar-refractivity contribution in [3.05, 3.63) is 137 Å². The first-order valence-corrected chi connectivity index (χ1v) is 14.0. The number of quaternary nitrogens is 1. The van der Waals surface area contributed by atoms with Gasteiger partial charge in [-0.2, -0.15) is 4.48 Å². The molecular weight excluding hydrogens is 509 g/mol. The van der Waals surface area contributed by atoms with Crippen LogP contribution in [0.15, 0.2) is 120 Å². The van der Waals surface area contributed by atoms with Gasteiger partial charge in [0, 0.05) is 40.4 Å². The quantitative estimate of drug-likeness (QED) is 0.368. The summed E-state index contributed by atoms with van der Waals surface area (Å²) in [5, 5.41) is 6.20. The zero-order chi connectivity index (χ0) is 26.8. The lowest BCUT2D eigenvalue weighted by Crippen LogP contribution is -2.55. The van der Waals surface area contributed by atoms with E-state index in [4.69, 9.17) is 0 Å². The van der Waals surface area contributed by atoms with Gasteiger partial charge in [0.15, 0.2) is 5.70 Å². The third kappa shape index (κ3) is 4.54. The molecule has 7 heteroatoms. The van der Waals surface area contributed by atoms with Crippen LogP contribution in [0.25, 0.3) is 11.1 Å². The van der Waals surface area contributed by atoms with Crippen LogP contribution in [-0.2, 0) is 0 Å². The first kappa shape index (κ1) is 25.1. The molecule has 0 bridgehead atoms. The smallest absolute Gasteiger partial charge is 0.355 e. The maximum atomic E-state index is 14.5. The molecule has 0 spiro atoms. The number of benzene rings is 3. The van der Waals surface area contributed by atoms with Crippen molar-refractivity contribution >= 4 is 29.3 Å². The number of amides is 2. The van der Waals surface area contributed by atoms with E-state index >= 15 is 0 Å². The second-order valence-corrected chi connectivity index (χ2v) is 10.7. The fourth-order valence-corrected chi connectivity index (χ4v) is 6.48. The van der Waals surface area contributed by atoms with Gasteiger partial charge in [0.2, 0.25) is 0 Å². The minimum absolute atomic E-state index is 0.0143. The van der Waals surface area contributed by atoms with Crippen molar-refractivity contribution in [1.82, 2.24) is 5.32 Å². The molecule has 1 aliphatic carbocycles. The number of hydrogen-bond donors (Lipinski definition) is 2. The number of nitrogens with one attached hydrogen (secondary N) is 2. The highest BCUT2D eigenvalue weighted by molar-refractivity contribution is 7.99. The van der Waals surface area contributed by atoms with E-state index in [1.807, 2.05) is 30.2 Å². The van der Waals surface area contributed by atoms with Crippen LogP contribution in [0.3, 0.4) is 0 Å². The Morgan fingerprint density at radius 1 is 0.923 bits per heavy atom. The largest absolute Gasteiger partial charge is 0.363 e. The molecule has 0 radical (unpaired) electrons. The van der Waals surface area contributed by atoms with Crippen LogP contribution in [0.1, 0.15) is 27.1 Å². The van der Waals surface area contributed by atoms with Gasteiger partial charge in [-0.25, -0.2) is 9.18 Å². The third-order valence-electron chi connectivity index (χ3n) is 7.36. The predicted molar refractivity (Wildman–Crippen MR) is 154 cm³/mol. The van der Waals surface area contributed by atoms with Crippen LogP contribution >= 0.6 is 11.8 Å².